The molecule has 1 N–H and O–H groups in total. The molecular formula is C29H30BrN5O3. The van der Waals surface area contributed by atoms with Crippen molar-refractivity contribution in [3.63, 3.8) is 0 Å². The molecule has 0 spiro atoms. The fourth-order valence-electron chi connectivity index (χ4n) is 3.76. The highest BCUT2D eigenvalue weighted by molar-refractivity contribution is 9.10. The highest BCUT2D eigenvalue weighted by Gasteiger charge is 2.23. The van der Waals surface area contributed by atoms with Crippen molar-refractivity contribution in [1.29, 1.82) is 0 Å². The third-order valence-electron chi connectivity index (χ3n) is 5.72. The van der Waals surface area contributed by atoms with E-state index in [-0.39, 0.29) is 18.1 Å². The Balaban J connectivity index is 1.70. The molecule has 4 aromatic rings. The van der Waals surface area contributed by atoms with Crippen LogP contribution in [-0.4, -0.2) is 42.5 Å². The lowest BCUT2D eigenvalue weighted by Crippen LogP contribution is -2.29. The van der Waals surface area contributed by atoms with Crippen LogP contribution in [-0.2, 0) is 10.2 Å². The monoisotopic (exact) mass is 575 g/mol. The number of benzene rings is 3. The third kappa shape index (κ3) is 6.28. The first-order valence-electron chi connectivity index (χ1n) is 12.1. The number of amides is 1. The minimum atomic E-state index is -0.443. The highest BCUT2D eigenvalue weighted by atomic mass is 79.9. The molecule has 0 saturated carbocycles. The van der Waals surface area contributed by atoms with Gasteiger partial charge in [0, 0.05) is 47.0 Å². The van der Waals surface area contributed by atoms with E-state index >= 15 is 0 Å². The van der Waals surface area contributed by atoms with Crippen LogP contribution in [0, 0.1) is 0 Å². The number of carbonyl (C=O) groups is 1. The average Bonchev–Trinajstić information content (AvgIpc) is 2.87. The molecule has 0 aliphatic rings. The molecular weight excluding hydrogens is 546 g/mol. The van der Waals surface area contributed by atoms with Gasteiger partial charge in [-0.05, 0) is 42.5 Å². The van der Waals surface area contributed by atoms with Crippen LogP contribution in [0.4, 0.5) is 11.4 Å². The van der Waals surface area contributed by atoms with Crippen LogP contribution in [0.5, 0.6) is 5.75 Å². The summed E-state index contributed by atoms with van der Waals surface area (Å²) in [5, 5.41) is 7.83. The van der Waals surface area contributed by atoms with Gasteiger partial charge in [-0.25, -0.2) is 4.98 Å². The number of nitrogens with zero attached hydrogens (tertiary/aromatic N) is 4. The maximum Gasteiger partial charge on any atom is 0.282 e. The average molecular weight is 576 g/mol. The smallest absolute Gasteiger partial charge is 0.282 e. The van der Waals surface area contributed by atoms with Crippen LogP contribution in [0.15, 0.2) is 81.1 Å². The Morgan fingerprint density at radius 2 is 1.84 bits per heavy atom. The number of carbonyl (C=O) groups excluding carboxylic acids is 1. The van der Waals surface area contributed by atoms with E-state index in [1.165, 1.54) is 4.68 Å². The topological polar surface area (TPSA) is 88.8 Å². The summed E-state index contributed by atoms with van der Waals surface area (Å²) >= 11 is 3.43. The van der Waals surface area contributed by atoms with Gasteiger partial charge >= 0.3 is 0 Å². The van der Waals surface area contributed by atoms with Crippen LogP contribution >= 0.6 is 15.9 Å². The van der Waals surface area contributed by atoms with Gasteiger partial charge in [-0.3, -0.25) is 9.59 Å². The lowest BCUT2D eigenvalue weighted by Gasteiger charge is -2.21. The van der Waals surface area contributed by atoms with Crippen molar-refractivity contribution in [2.45, 2.75) is 26.2 Å². The molecule has 3 aromatic carbocycles. The lowest BCUT2D eigenvalue weighted by molar-refractivity contribution is -0.118. The van der Waals surface area contributed by atoms with Gasteiger partial charge in [0.1, 0.15) is 11.6 Å². The molecule has 0 atom stereocenters. The van der Waals surface area contributed by atoms with Crippen molar-refractivity contribution in [1.82, 2.24) is 9.66 Å². The van der Waals surface area contributed by atoms with Crippen LogP contribution in [0.3, 0.4) is 0 Å². The molecule has 1 heterocycles. The molecule has 0 bridgehead atoms. The molecule has 0 saturated heterocycles. The number of halogens is 1. The second-order valence-electron chi connectivity index (χ2n) is 10.0. The minimum Gasteiger partial charge on any atom is -0.483 e. The molecule has 8 nitrogen and oxygen atoms in total. The van der Waals surface area contributed by atoms with Gasteiger partial charge in [0.2, 0.25) is 0 Å². The Morgan fingerprint density at radius 3 is 2.53 bits per heavy atom. The zero-order valence-corrected chi connectivity index (χ0v) is 23.6. The maximum atomic E-state index is 13.5. The molecule has 0 aliphatic heterocycles. The molecule has 0 aliphatic carbocycles. The van der Waals surface area contributed by atoms with Gasteiger partial charge in [0.05, 0.1) is 17.1 Å². The number of nitrogens with one attached hydrogen (secondary N) is 1. The summed E-state index contributed by atoms with van der Waals surface area (Å²) in [5.41, 5.74) is 2.09. The van der Waals surface area contributed by atoms with E-state index in [1.807, 2.05) is 100 Å². The van der Waals surface area contributed by atoms with Gasteiger partial charge in [-0.15, -0.1) is 0 Å². The Hall–Kier alpha value is -3.98. The molecule has 38 heavy (non-hydrogen) atoms. The summed E-state index contributed by atoms with van der Waals surface area (Å²) in [6, 6.07) is 20.2. The van der Waals surface area contributed by atoms with Crippen LogP contribution in [0.1, 0.15) is 32.2 Å². The third-order valence-corrected chi connectivity index (χ3v) is 6.21. The molecule has 4 rings (SSSR count). The zero-order valence-electron chi connectivity index (χ0n) is 22.0. The molecule has 196 valence electrons. The number of ether oxygens (including phenoxy) is 1. The zero-order chi connectivity index (χ0) is 27.4. The fourth-order valence-corrected chi connectivity index (χ4v) is 4.12. The first-order chi connectivity index (χ1) is 18.0. The standard InChI is InChI=1S/C29H30BrN5O3/c1-29(2,3)28-33-24-14-12-20(30)15-23(24)27(37)35(28)31-17-19-11-13-22(34(4)5)16-25(19)38-18-26(36)32-21-9-7-6-8-10-21/h6-17H,18H2,1-5H3,(H,32,36). The van der Waals surface area contributed by atoms with Crippen molar-refractivity contribution in [2.75, 3.05) is 30.9 Å². The summed E-state index contributed by atoms with van der Waals surface area (Å²) in [6.45, 7) is 5.76. The van der Waals surface area contributed by atoms with Crippen molar-refractivity contribution >= 4 is 50.3 Å². The second kappa shape index (κ2) is 11.2. The lowest BCUT2D eigenvalue weighted by atomic mass is 9.95. The SMILES string of the molecule is CN(C)c1ccc(C=Nn2c(C(C)(C)C)nc3ccc(Br)cc3c2=O)c(OCC(=O)Nc2ccccc2)c1. The Labute approximate surface area is 230 Å². The number of hydrogen-bond acceptors (Lipinski definition) is 6. The summed E-state index contributed by atoms with van der Waals surface area (Å²) in [7, 11) is 3.84. The Kier molecular flexibility index (Phi) is 7.97. The summed E-state index contributed by atoms with van der Waals surface area (Å²) in [5.74, 6) is 0.707. The first kappa shape index (κ1) is 27.1. The molecule has 0 fully saturated rings. The van der Waals surface area contributed by atoms with Gasteiger partial charge in [-0.2, -0.15) is 9.78 Å². The predicted molar refractivity (Wildman–Crippen MR) is 157 cm³/mol. The Bertz CT molecular complexity index is 1560. The minimum absolute atomic E-state index is 0.189. The number of fused-ring (bicyclic) bond motifs is 1. The maximum absolute atomic E-state index is 13.5. The second-order valence-corrected chi connectivity index (χ2v) is 10.9. The summed E-state index contributed by atoms with van der Waals surface area (Å²) in [6.07, 6.45) is 1.56. The number of rotatable bonds is 7. The number of aromatic nitrogens is 2. The van der Waals surface area contributed by atoms with Gasteiger partial charge in [-0.1, -0.05) is 54.9 Å². The van der Waals surface area contributed by atoms with Crippen molar-refractivity contribution in [3.8, 4) is 5.75 Å². The predicted octanol–water partition coefficient (Wildman–Crippen LogP) is 5.42. The van der Waals surface area contributed by atoms with E-state index in [4.69, 9.17) is 9.72 Å². The van der Waals surface area contributed by atoms with E-state index in [9.17, 15) is 9.59 Å². The van der Waals surface area contributed by atoms with E-state index < -0.39 is 5.41 Å². The molecule has 9 heteroatoms. The van der Waals surface area contributed by atoms with E-state index in [1.54, 1.807) is 12.3 Å². The number of hydrogen-bond donors (Lipinski definition) is 1. The Morgan fingerprint density at radius 1 is 1.11 bits per heavy atom. The van der Waals surface area contributed by atoms with Crippen molar-refractivity contribution < 1.29 is 9.53 Å². The first-order valence-corrected chi connectivity index (χ1v) is 12.9. The van der Waals surface area contributed by atoms with Gasteiger partial charge in [0.15, 0.2) is 6.61 Å². The van der Waals surface area contributed by atoms with E-state index in [0.717, 1.165) is 10.2 Å². The van der Waals surface area contributed by atoms with Crippen molar-refractivity contribution in [3.05, 3.63) is 92.9 Å². The fraction of sp³-hybridized carbons (Fsp3) is 0.241. The van der Waals surface area contributed by atoms with Crippen LogP contribution in [0.2, 0.25) is 0 Å². The van der Waals surface area contributed by atoms with Crippen molar-refractivity contribution in [2.24, 2.45) is 5.10 Å². The molecule has 0 radical (unpaired) electrons. The summed E-state index contributed by atoms with van der Waals surface area (Å²) < 4.78 is 8.04. The van der Waals surface area contributed by atoms with Crippen LogP contribution < -0.4 is 20.5 Å². The molecule has 1 aromatic heterocycles. The van der Waals surface area contributed by atoms with Gasteiger partial charge in [0.25, 0.3) is 11.5 Å². The van der Waals surface area contributed by atoms with Gasteiger partial charge < -0.3 is 15.0 Å². The van der Waals surface area contributed by atoms with E-state index in [0.29, 0.717) is 33.7 Å². The largest absolute Gasteiger partial charge is 0.483 e. The molecule has 1 amide bonds. The normalized spacial score (nSPS) is 11.6. The number of anilines is 2. The molecule has 0 unspecified atom stereocenters. The summed E-state index contributed by atoms with van der Waals surface area (Å²) in [4.78, 5) is 32.7. The number of para-hydroxylation sites is 1. The quantitative estimate of drug-likeness (QED) is 0.297. The van der Waals surface area contributed by atoms with Crippen LogP contribution in [0.25, 0.3) is 10.9 Å². The highest BCUT2D eigenvalue weighted by Crippen LogP contribution is 2.26. The van der Waals surface area contributed by atoms with E-state index in [2.05, 4.69) is 26.3 Å².